The lowest BCUT2D eigenvalue weighted by atomic mass is 10.1. The molecule has 1 N–H and O–H groups in total. The average Bonchev–Trinajstić information content (AvgIpc) is 2.67. The molecule has 0 fully saturated rings. The molecule has 0 bridgehead atoms. The van der Waals surface area contributed by atoms with Gasteiger partial charge in [-0.2, -0.15) is 0 Å². The SMILES string of the molecule is CCNC(=O)C(CC)N(Cc1ccccc1C)C(=O)COc1cccc(C)c1. The number of benzene rings is 2. The number of carbonyl (C=O) groups excluding carboxylic acids is 2. The van der Waals surface area contributed by atoms with Crippen molar-refractivity contribution < 1.29 is 14.3 Å². The Hall–Kier alpha value is -2.82. The fourth-order valence-corrected chi connectivity index (χ4v) is 3.12. The zero-order valence-corrected chi connectivity index (χ0v) is 17.2. The maximum atomic E-state index is 13.0. The smallest absolute Gasteiger partial charge is 0.261 e. The Balaban J connectivity index is 2.21. The highest BCUT2D eigenvalue weighted by atomic mass is 16.5. The van der Waals surface area contributed by atoms with Crippen LogP contribution in [0.2, 0.25) is 0 Å². The van der Waals surface area contributed by atoms with Gasteiger partial charge in [0.05, 0.1) is 0 Å². The normalized spacial score (nSPS) is 11.6. The molecule has 0 aromatic heterocycles. The molecule has 2 amide bonds. The average molecular weight is 383 g/mol. The van der Waals surface area contributed by atoms with Crippen LogP contribution in [0.1, 0.15) is 37.0 Å². The van der Waals surface area contributed by atoms with Crippen molar-refractivity contribution in [3.8, 4) is 5.75 Å². The van der Waals surface area contributed by atoms with E-state index in [1.54, 1.807) is 4.90 Å². The van der Waals surface area contributed by atoms with Crippen molar-refractivity contribution in [3.05, 3.63) is 65.2 Å². The first kappa shape index (κ1) is 21.5. The number of likely N-dealkylation sites (N-methyl/N-ethyl adjacent to an activating group) is 1. The van der Waals surface area contributed by atoms with E-state index in [1.165, 1.54) is 0 Å². The Kier molecular flexibility index (Phi) is 8.05. The zero-order chi connectivity index (χ0) is 20.5. The van der Waals surface area contributed by atoms with Crippen molar-refractivity contribution in [3.63, 3.8) is 0 Å². The summed E-state index contributed by atoms with van der Waals surface area (Å²) in [5.74, 6) is 0.306. The Morgan fingerprint density at radius 1 is 1.07 bits per heavy atom. The fourth-order valence-electron chi connectivity index (χ4n) is 3.12. The highest BCUT2D eigenvalue weighted by Crippen LogP contribution is 2.17. The van der Waals surface area contributed by atoms with E-state index in [4.69, 9.17) is 4.74 Å². The number of nitrogens with one attached hydrogen (secondary N) is 1. The number of hydrogen-bond acceptors (Lipinski definition) is 3. The van der Waals surface area contributed by atoms with Crippen LogP contribution in [-0.4, -0.2) is 35.9 Å². The summed E-state index contributed by atoms with van der Waals surface area (Å²) in [6.07, 6.45) is 0.536. The molecule has 1 unspecified atom stereocenters. The third-order valence-corrected chi connectivity index (χ3v) is 4.69. The van der Waals surface area contributed by atoms with Crippen molar-refractivity contribution >= 4 is 11.8 Å². The van der Waals surface area contributed by atoms with Crippen molar-refractivity contribution in [2.24, 2.45) is 0 Å². The molecule has 0 saturated carbocycles. The van der Waals surface area contributed by atoms with E-state index in [2.05, 4.69) is 5.32 Å². The predicted octanol–water partition coefficient (Wildman–Crippen LogP) is 3.63. The van der Waals surface area contributed by atoms with Gasteiger partial charge >= 0.3 is 0 Å². The molecule has 0 aliphatic rings. The Bertz CT molecular complexity index is 804. The highest BCUT2D eigenvalue weighted by molar-refractivity contribution is 5.88. The first-order valence-corrected chi connectivity index (χ1v) is 9.77. The van der Waals surface area contributed by atoms with Crippen LogP contribution in [0.25, 0.3) is 0 Å². The highest BCUT2D eigenvalue weighted by Gasteiger charge is 2.28. The molecule has 5 nitrogen and oxygen atoms in total. The Morgan fingerprint density at radius 2 is 1.82 bits per heavy atom. The van der Waals surface area contributed by atoms with E-state index in [1.807, 2.05) is 76.2 Å². The van der Waals surface area contributed by atoms with Gasteiger partial charge in [-0.15, -0.1) is 0 Å². The maximum absolute atomic E-state index is 13.0. The minimum Gasteiger partial charge on any atom is -0.484 e. The molecule has 2 rings (SSSR count). The van der Waals surface area contributed by atoms with Crippen molar-refractivity contribution in [2.75, 3.05) is 13.2 Å². The van der Waals surface area contributed by atoms with Gasteiger partial charge in [-0.3, -0.25) is 9.59 Å². The van der Waals surface area contributed by atoms with Gasteiger partial charge in [0.2, 0.25) is 5.91 Å². The van der Waals surface area contributed by atoms with Crippen LogP contribution in [-0.2, 0) is 16.1 Å². The predicted molar refractivity (Wildman–Crippen MR) is 111 cm³/mol. The van der Waals surface area contributed by atoms with Gasteiger partial charge < -0.3 is 15.0 Å². The van der Waals surface area contributed by atoms with Gasteiger partial charge in [0, 0.05) is 13.1 Å². The van der Waals surface area contributed by atoms with E-state index >= 15 is 0 Å². The summed E-state index contributed by atoms with van der Waals surface area (Å²) < 4.78 is 5.71. The van der Waals surface area contributed by atoms with Crippen molar-refractivity contribution in [2.45, 2.75) is 46.7 Å². The van der Waals surface area contributed by atoms with Crippen LogP contribution in [0.4, 0.5) is 0 Å². The third kappa shape index (κ3) is 5.84. The summed E-state index contributed by atoms with van der Waals surface area (Å²) in [4.78, 5) is 27.2. The molecule has 0 heterocycles. The second-order valence-corrected chi connectivity index (χ2v) is 6.87. The first-order valence-electron chi connectivity index (χ1n) is 9.77. The van der Waals surface area contributed by atoms with Gasteiger partial charge in [0.25, 0.3) is 5.91 Å². The summed E-state index contributed by atoms with van der Waals surface area (Å²) in [7, 11) is 0. The molecule has 1 atom stereocenters. The van der Waals surface area contributed by atoms with Gasteiger partial charge in [0.15, 0.2) is 6.61 Å². The molecular formula is C23H30N2O3. The second-order valence-electron chi connectivity index (χ2n) is 6.87. The van der Waals surface area contributed by atoms with Crippen LogP contribution in [0.3, 0.4) is 0 Å². The minimum absolute atomic E-state index is 0.106. The molecule has 150 valence electrons. The number of carbonyl (C=O) groups is 2. The van der Waals surface area contributed by atoms with Gasteiger partial charge in [0.1, 0.15) is 11.8 Å². The molecule has 0 aliphatic heterocycles. The number of rotatable bonds is 9. The molecule has 0 saturated heterocycles. The lowest BCUT2D eigenvalue weighted by Crippen LogP contribution is -2.50. The summed E-state index contributed by atoms with van der Waals surface area (Å²) in [6.45, 7) is 8.57. The molecule has 2 aromatic rings. The molecule has 0 spiro atoms. The minimum atomic E-state index is -0.534. The fraction of sp³-hybridized carbons (Fsp3) is 0.391. The maximum Gasteiger partial charge on any atom is 0.261 e. The van der Waals surface area contributed by atoms with E-state index < -0.39 is 6.04 Å². The van der Waals surface area contributed by atoms with Gasteiger partial charge in [-0.25, -0.2) is 0 Å². The number of ether oxygens (including phenoxy) is 1. The monoisotopic (exact) mass is 382 g/mol. The van der Waals surface area contributed by atoms with Crippen LogP contribution in [0.5, 0.6) is 5.75 Å². The number of nitrogens with zero attached hydrogens (tertiary/aromatic N) is 1. The van der Waals surface area contributed by atoms with Gasteiger partial charge in [-0.05, 0) is 56.0 Å². The molecule has 28 heavy (non-hydrogen) atoms. The van der Waals surface area contributed by atoms with Gasteiger partial charge in [-0.1, -0.05) is 43.3 Å². The lowest BCUT2D eigenvalue weighted by Gasteiger charge is -2.31. The zero-order valence-electron chi connectivity index (χ0n) is 17.2. The summed E-state index contributed by atoms with van der Waals surface area (Å²) >= 11 is 0. The van der Waals surface area contributed by atoms with Crippen LogP contribution < -0.4 is 10.1 Å². The molecule has 2 aromatic carbocycles. The summed E-state index contributed by atoms with van der Waals surface area (Å²) in [6, 6.07) is 15.0. The van der Waals surface area contributed by atoms with Crippen LogP contribution in [0.15, 0.2) is 48.5 Å². The lowest BCUT2D eigenvalue weighted by molar-refractivity contribution is -0.142. The van der Waals surface area contributed by atoms with E-state index in [0.717, 1.165) is 16.7 Å². The number of aryl methyl sites for hydroxylation is 2. The Labute approximate surface area is 167 Å². The largest absolute Gasteiger partial charge is 0.484 e. The first-order chi connectivity index (χ1) is 13.5. The molecule has 0 radical (unpaired) electrons. The van der Waals surface area contributed by atoms with Crippen LogP contribution >= 0.6 is 0 Å². The van der Waals surface area contributed by atoms with Crippen LogP contribution in [0, 0.1) is 13.8 Å². The van der Waals surface area contributed by atoms with Crippen molar-refractivity contribution in [1.29, 1.82) is 0 Å². The summed E-state index contributed by atoms with van der Waals surface area (Å²) in [5.41, 5.74) is 3.18. The van der Waals surface area contributed by atoms with E-state index in [0.29, 0.717) is 25.3 Å². The van der Waals surface area contributed by atoms with E-state index in [9.17, 15) is 9.59 Å². The second kappa shape index (κ2) is 10.5. The quantitative estimate of drug-likeness (QED) is 0.721. The topological polar surface area (TPSA) is 58.6 Å². The van der Waals surface area contributed by atoms with Crippen molar-refractivity contribution in [1.82, 2.24) is 10.2 Å². The van der Waals surface area contributed by atoms with E-state index in [-0.39, 0.29) is 18.4 Å². The number of hydrogen-bond donors (Lipinski definition) is 1. The third-order valence-electron chi connectivity index (χ3n) is 4.69. The molecule has 5 heteroatoms. The Morgan fingerprint density at radius 3 is 2.46 bits per heavy atom. The summed E-state index contributed by atoms with van der Waals surface area (Å²) in [5, 5.41) is 2.84. The molecule has 0 aliphatic carbocycles. The standard InChI is InChI=1S/C23H30N2O3/c1-5-21(23(27)24-6-2)25(15-19-12-8-7-11-18(19)4)22(26)16-28-20-13-9-10-17(3)14-20/h7-14,21H,5-6,15-16H2,1-4H3,(H,24,27). The number of amides is 2. The molecular weight excluding hydrogens is 352 g/mol.